The fourth-order valence-corrected chi connectivity index (χ4v) is 2.04. The number of methoxy groups -OCH3 is 1. The van der Waals surface area contributed by atoms with Gasteiger partial charge in [-0.05, 0) is 35.0 Å². The van der Waals surface area contributed by atoms with Crippen molar-refractivity contribution < 1.29 is 14.4 Å². The summed E-state index contributed by atoms with van der Waals surface area (Å²) in [4.78, 5) is 14.4. The zero-order chi connectivity index (χ0) is 14.7. The number of aryl methyl sites for hydroxylation is 1. The Labute approximate surface area is 123 Å². The van der Waals surface area contributed by atoms with E-state index in [1.807, 2.05) is 13.0 Å². The number of nitrogens with zero attached hydrogens (tertiary/aromatic N) is 2. The minimum atomic E-state index is -0.491. The van der Waals surface area contributed by atoms with E-state index >= 15 is 0 Å². The van der Waals surface area contributed by atoms with Crippen LogP contribution in [0.15, 0.2) is 34.9 Å². The van der Waals surface area contributed by atoms with Gasteiger partial charge in [0.1, 0.15) is 0 Å². The molecule has 0 unspecified atom stereocenters. The van der Waals surface area contributed by atoms with Gasteiger partial charge in [0.25, 0.3) is 5.69 Å². The van der Waals surface area contributed by atoms with E-state index in [9.17, 15) is 10.1 Å². The summed E-state index contributed by atoms with van der Waals surface area (Å²) in [6, 6.07) is 6.01. The third-order valence-electron chi connectivity index (χ3n) is 2.56. The SMILES string of the molecule is COc1cc([N+](=O)[O-])ccc1Oc1ncc(Br)cc1C. The maximum Gasteiger partial charge on any atom is 0.273 e. The number of rotatable bonds is 4. The highest BCUT2D eigenvalue weighted by Gasteiger charge is 2.14. The molecule has 7 heteroatoms. The Morgan fingerprint density at radius 3 is 2.65 bits per heavy atom. The van der Waals surface area contributed by atoms with Crippen LogP contribution in [-0.2, 0) is 0 Å². The molecule has 6 nitrogen and oxygen atoms in total. The van der Waals surface area contributed by atoms with Crippen molar-refractivity contribution in [2.45, 2.75) is 6.92 Å². The Morgan fingerprint density at radius 2 is 2.05 bits per heavy atom. The molecular formula is C13H11BrN2O4. The minimum absolute atomic E-state index is 0.0605. The minimum Gasteiger partial charge on any atom is -0.493 e. The van der Waals surface area contributed by atoms with Crippen LogP contribution in [-0.4, -0.2) is 17.0 Å². The molecule has 0 aliphatic heterocycles. The van der Waals surface area contributed by atoms with Crippen molar-refractivity contribution in [3.05, 3.63) is 50.6 Å². The van der Waals surface area contributed by atoms with Gasteiger partial charge in [0.05, 0.1) is 18.1 Å². The second kappa shape index (κ2) is 5.87. The van der Waals surface area contributed by atoms with Crippen molar-refractivity contribution in [1.82, 2.24) is 4.98 Å². The number of non-ortho nitro benzene ring substituents is 1. The van der Waals surface area contributed by atoms with Crippen LogP contribution in [0.5, 0.6) is 17.4 Å². The molecule has 20 heavy (non-hydrogen) atoms. The highest BCUT2D eigenvalue weighted by atomic mass is 79.9. The van der Waals surface area contributed by atoms with Gasteiger partial charge in [-0.3, -0.25) is 10.1 Å². The molecule has 104 valence electrons. The van der Waals surface area contributed by atoms with Gasteiger partial charge in [-0.15, -0.1) is 0 Å². The normalized spacial score (nSPS) is 10.2. The van der Waals surface area contributed by atoms with Crippen molar-refractivity contribution in [3.8, 4) is 17.4 Å². The maximum atomic E-state index is 10.7. The van der Waals surface area contributed by atoms with Crippen molar-refractivity contribution in [1.29, 1.82) is 0 Å². The number of nitro benzene ring substituents is 1. The fourth-order valence-electron chi connectivity index (χ4n) is 1.59. The number of ether oxygens (including phenoxy) is 2. The number of nitro groups is 1. The Kier molecular flexibility index (Phi) is 4.19. The van der Waals surface area contributed by atoms with E-state index in [-0.39, 0.29) is 11.4 Å². The van der Waals surface area contributed by atoms with Crippen molar-refractivity contribution >= 4 is 21.6 Å². The van der Waals surface area contributed by atoms with Crippen molar-refractivity contribution in [3.63, 3.8) is 0 Å². The van der Waals surface area contributed by atoms with Gasteiger partial charge in [0.2, 0.25) is 5.88 Å². The lowest BCUT2D eigenvalue weighted by molar-refractivity contribution is -0.384. The summed E-state index contributed by atoms with van der Waals surface area (Å²) in [5, 5.41) is 10.7. The summed E-state index contributed by atoms with van der Waals surface area (Å²) < 4.78 is 11.6. The van der Waals surface area contributed by atoms with Gasteiger partial charge in [-0.1, -0.05) is 0 Å². The van der Waals surface area contributed by atoms with Crippen LogP contribution in [0, 0.1) is 17.0 Å². The molecule has 0 saturated heterocycles. The van der Waals surface area contributed by atoms with Crippen LogP contribution >= 0.6 is 15.9 Å². The molecule has 0 atom stereocenters. The third kappa shape index (κ3) is 3.05. The first kappa shape index (κ1) is 14.3. The van der Waals surface area contributed by atoms with E-state index in [1.165, 1.54) is 25.3 Å². The number of hydrogen-bond acceptors (Lipinski definition) is 5. The van der Waals surface area contributed by atoms with Crippen LogP contribution in [0.25, 0.3) is 0 Å². The standard InChI is InChI=1S/C13H11BrN2O4/c1-8-5-9(14)7-15-13(8)20-11-4-3-10(16(17)18)6-12(11)19-2/h3-7H,1-2H3. The molecule has 0 aliphatic rings. The van der Waals surface area contributed by atoms with Crippen molar-refractivity contribution in [2.75, 3.05) is 7.11 Å². The molecular weight excluding hydrogens is 328 g/mol. The zero-order valence-corrected chi connectivity index (χ0v) is 12.4. The van der Waals surface area contributed by atoms with E-state index in [2.05, 4.69) is 20.9 Å². The van der Waals surface area contributed by atoms with Gasteiger partial charge in [0.15, 0.2) is 11.5 Å². The number of halogens is 1. The second-order valence-corrected chi connectivity index (χ2v) is 4.89. The summed E-state index contributed by atoms with van der Waals surface area (Å²) in [5.74, 6) is 1.07. The Balaban J connectivity index is 2.35. The molecule has 0 bridgehead atoms. The largest absolute Gasteiger partial charge is 0.493 e. The third-order valence-corrected chi connectivity index (χ3v) is 3.00. The summed E-state index contributed by atoms with van der Waals surface area (Å²) in [6.45, 7) is 1.85. The molecule has 0 amide bonds. The summed E-state index contributed by atoms with van der Waals surface area (Å²) in [7, 11) is 1.42. The van der Waals surface area contributed by atoms with Crippen molar-refractivity contribution in [2.24, 2.45) is 0 Å². The Hall–Kier alpha value is -2.15. The quantitative estimate of drug-likeness (QED) is 0.625. The summed E-state index contributed by atoms with van der Waals surface area (Å²) >= 11 is 3.32. The average Bonchev–Trinajstić information content (AvgIpc) is 2.42. The lowest BCUT2D eigenvalue weighted by Gasteiger charge is -2.11. The lowest BCUT2D eigenvalue weighted by Crippen LogP contribution is -1.96. The van der Waals surface area contributed by atoms with E-state index in [0.717, 1.165) is 10.0 Å². The van der Waals surface area contributed by atoms with Gasteiger partial charge in [-0.2, -0.15) is 0 Å². The summed E-state index contributed by atoms with van der Waals surface area (Å²) in [5.41, 5.74) is 0.773. The van der Waals surface area contributed by atoms with Gasteiger partial charge < -0.3 is 9.47 Å². The molecule has 1 aromatic heterocycles. The molecule has 0 saturated carbocycles. The Bertz CT molecular complexity index is 661. The maximum absolute atomic E-state index is 10.7. The van der Waals surface area contributed by atoms with Gasteiger partial charge >= 0.3 is 0 Å². The van der Waals surface area contributed by atoms with Crippen LogP contribution < -0.4 is 9.47 Å². The summed E-state index contributed by atoms with van der Waals surface area (Å²) in [6.07, 6.45) is 1.61. The van der Waals surface area contributed by atoms with Crippen LogP contribution in [0.4, 0.5) is 5.69 Å². The molecule has 1 aromatic carbocycles. The predicted molar refractivity (Wildman–Crippen MR) is 76.4 cm³/mol. The zero-order valence-electron chi connectivity index (χ0n) is 10.8. The molecule has 0 N–H and O–H groups in total. The first-order valence-electron chi connectivity index (χ1n) is 5.63. The predicted octanol–water partition coefficient (Wildman–Crippen LogP) is 3.86. The monoisotopic (exact) mass is 338 g/mol. The molecule has 2 rings (SSSR count). The van der Waals surface area contributed by atoms with Crippen LogP contribution in [0.3, 0.4) is 0 Å². The average molecular weight is 339 g/mol. The molecule has 0 spiro atoms. The first-order chi connectivity index (χ1) is 9.51. The van der Waals surface area contributed by atoms with E-state index in [0.29, 0.717) is 11.6 Å². The first-order valence-corrected chi connectivity index (χ1v) is 6.43. The smallest absolute Gasteiger partial charge is 0.273 e. The van der Waals surface area contributed by atoms with Gasteiger partial charge in [0, 0.05) is 22.3 Å². The molecule has 1 heterocycles. The number of hydrogen-bond donors (Lipinski definition) is 0. The van der Waals surface area contributed by atoms with Crippen LogP contribution in [0.1, 0.15) is 5.56 Å². The molecule has 2 aromatic rings. The molecule has 0 radical (unpaired) electrons. The van der Waals surface area contributed by atoms with E-state index in [4.69, 9.17) is 9.47 Å². The van der Waals surface area contributed by atoms with E-state index < -0.39 is 4.92 Å². The second-order valence-electron chi connectivity index (χ2n) is 3.97. The Morgan fingerprint density at radius 1 is 1.30 bits per heavy atom. The number of benzene rings is 1. The fraction of sp³-hybridized carbons (Fsp3) is 0.154. The number of pyridine rings is 1. The molecule has 0 aliphatic carbocycles. The van der Waals surface area contributed by atoms with Gasteiger partial charge in [-0.25, -0.2) is 4.98 Å². The highest BCUT2D eigenvalue weighted by molar-refractivity contribution is 9.10. The van der Waals surface area contributed by atoms with E-state index in [1.54, 1.807) is 6.20 Å². The number of aromatic nitrogens is 1. The molecule has 0 fully saturated rings. The topological polar surface area (TPSA) is 74.5 Å². The van der Waals surface area contributed by atoms with Crippen LogP contribution in [0.2, 0.25) is 0 Å². The lowest BCUT2D eigenvalue weighted by atomic mass is 10.2. The highest BCUT2D eigenvalue weighted by Crippen LogP contribution is 2.35.